The van der Waals surface area contributed by atoms with E-state index in [-0.39, 0.29) is 5.82 Å². The first-order valence-corrected chi connectivity index (χ1v) is 4.49. The first-order valence-electron chi connectivity index (χ1n) is 4.49. The fourth-order valence-corrected chi connectivity index (χ4v) is 1.34. The van der Waals surface area contributed by atoms with E-state index < -0.39 is 0 Å². The Hall–Kier alpha value is -1.70. The van der Waals surface area contributed by atoms with E-state index in [4.69, 9.17) is 0 Å². The lowest BCUT2D eigenvalue weighted by Crippen LogP contribution is -1.95. The molecule has 1 heterocycles. The highest BCUT2D eigenvalue weighted by Gasteiger charge is 2.02. The minimum absolute atomic E-state index is 0.239. The summed E-state index contributed by atoms with van der Waals surface area (Å²) in [5.41, 5.74) is 1.57. The van der Waals surface area contributed by atoms with Crippen molar-refractivity contribution in [2.75, 3.05) is 0 Å². The highest BCUT2D eigenvalue weighted by atomic mass is 19.1. The fourth-order valence-electron chi connectivity index (χ4n) is 1.34. The van der Waals surface area contributed by atoms with Crippen LogP contribution < -0.4 is 0 Å². The van der Waals surface area contributed by atoms with Crippen LogP contribution in [0.2, 0.25) is 0 Å². The van der Waals surface area contributed by atoms with Gasteiger partial charge in [0.1, 0.15) is 5.82 Å². The number of aromatic nitrogens is 1. The van der Waals surface area contributed by atoms with Gasteiger partial charge in [0.2, 0.25) is 0 Å². The summed E-state index contributed by atoms with van der Waals surface area (Å²) in [5, 5.41) is 0. The number of hydrogen-bond donors (Lipinski definition) is 0. The van der Waals surface area contributed by atoms with Crippen molar-refractivity contribution >= 4 is 0 Å². The van der Waals surface area contributed by atoms with E-state index in [2.05, 4.69) is 4.98 Å². The molecule has 0 radical (unpaired) electrons. The van der Waals surface area contributed by atoms with Crippen molar-refractivity contribution in [3.8, 4) is 0 Å². The third-order valence-electron chi connectivity index (χ3n) is 2.05. The number of halogens is 1. The number of pyridine rings is 1. The maximum Gasteiger partial charge on any atom is 0.145 e. The molecule has 1 aromatic carbocycles. The van der Waals surface area contributed by atoms with Gasteiger partial charge in [0.15, 0.2) is 0 Å². The quantitative estimate of drug-likeness (QED) is 0.704. The van der Waals surface area contributed by atoms with Crippen molar-refractivity contribution in [2.24, 2.45) is 0 Å². The van der Waals surface area contributed by atoms with Crippen molar-refractivity contribution in [2.45, 2.75) is 6.42 Å². The Labute approximate surface area is 82.2 Å². The maximum absolute atomic E-state index is 13.2. The SMILES string of the molecule is Fc1cccnc1Cc1ccccc1. The summed E-state index contributed by atoms with van der Waals surface area (Å²) in [4.78, 5) is 4.00. The summed E-state index contributed by atoms with van der Waals surface area (Å²) in [6.07, 6.45) is 2.16. The van der Waals surface area contributed by atoms with Gasteiger partial charge in [-0.2, -0.15) is 0 Å². The summed E-state index contributed by atoms with van der Waals surface area (Å²) < 4.78 is 13.2. The van der Waals surface area contributed by atoms with Crippen LogP contribution in [-0.2, 0) is 6.42 Å². The van der Waals surface area contributed by atoms with Gasteiger partial charge in [-0.05, 0) is 17.7 Å². The molecule has 1 nitrogen and oxygen atoms in total. The highest BCUT2D eigenvalue weighted by molar-refractivity contribution is 5.22. The van der Waals surface area contributed by atoms with Crippen molar-refractivity contribution in [3.63, 3.8) is 0 Å². The van der Waals surface area contributed by atoms with Crippen LogP contribution in [0.5, 0.6) is 0 Å². The Balaban J connectivity index is 2.24. The van der Waals surface area contributed by atoms with Crippen LogP contribution in [0.15, 0.2) is 48.7 Å². The second-order valence-corrected chi connectivity index (χ2v) is 3.09. The summed E-state index contributed by atoms with van der Waals surface area (Å²) in [6.45, 7) is 0. The van der Waals surface area contributed by atoms with E-state index in [9.17, 15) is 4.39 Å². The lowest BCUT2D eigenvalue weighted by Gasteiger charge is -2.01. The van der Waals surface area contributed by atoms with Crippen LogP contribution in [0, 0.1) is 5.82 Å². The second-order valence-electron chi connectivity index (χ2n) is 3.09. The van der Waals surface area contributed by atoms with Crippen molar-refractivity contribution in [1.82, 2.24) is 4.98 Å². The average Bonchev–Trinajstić information content (AvgIpc) is 2.23. The topological polar surface area (TPSA) is 12.9 Å². The smallest absolute Gasteiger partial charge is 0.145 e. The van der Waals surface area contributed by atoms with Gasteiger partial charge in [0, 0.05) is 12.6 Å². The van der Waals surface area contributed by atoms with Gasteiger partial charge in [-0.15, -0.1) is 0 Å². The molecule has 0 amide bonds. The van der Waals surface area contributed by atoms with Gasteiger partial charge in [0.25, 0.3) is 0 Å². The molecule has 0 saturated carbocycles. The van der Waals surface area contributed by atoms with Gasteiger partial charge >= 0.3 is 0 Å². The molecule has 2 aromatic rings. The van der Waals surface area contributed by atoms with E-state index in [1.807, 2.05) is 30.3 Å². The monoisotopic (exact) mass is 187 g/mol. The first-order chi connectivity index (χ1) is 6.86. The molecular formula is C12H10FN. The Kier molecular flexibility index (Phi) is 2.54. The zero-order chi connectivity index (χ0) is 9.80. The Morgan fingerprint density at radius 2 is 1.79 bits per heavy atom. The lowest BCUT2D eigenvalue weighted by atomic mass is 10.1. The third kappa shape index (κ3) is 1.96. The number of rotatable bonds is 2. The third-order valence-corrected chi connectivity index (χ3v) is 2.05. The zero-order valence-electron chi connectivity index (χ0n) is 7.65. The van der Waals surface area contributed by atoms with Crippen LogP contribution in [0.3, 0.4) is 0 Å². The predicted octanol–water partition coefficient (Wildman–Crippen LogP) is 2.81. The predicted molar refractivity (Wildman–Crippen MR) is 53.4 cm³/mol. The fraction of sp³-hybridized carbons (Fsp3) is 0.0833. The number of hydrogen-bond acceptors (Lipinski definition) is 1. The van der Waals surface area contributed by atoms with Gasteiger partial charge in [-0.3, -0.25) is 4.98 Å². The van der Waals surface area contributed by atoms with Crippen molar-refractivity contribution in [3.05, 3.63) is 65.7 Å². The van der Waals surface area contributed by atoms with E-state index >= 15 is 0 Å². The largest absolute Gasteiger partial charge is 0.258 e. The van der Waals surface area contributed by atoms with Crippen LogP contribution >= 0.6 is 0 Å². The minimum atomic E-state index is -0.239. The molecule has 0 bridgehead atoms. The standard InChI is InChI=1S/C12H10FN/c13-11-7-4-8-14-12(11)9-10-5-2-1-3-6-10/h1-8H,9H2. The van der Waals surface area contributed by atoms with E-state index in [0.717, 1.165) is 5.56 Å². The number of benzene rings is 1. The molecule has 0 saturated heterocycles. The summed E-state index contributed by atoms with van der Waals surface area (Å²) >= 11 is 0. The highest BCUT2D eigenvalue weighted by Crippen LogP contribution is 2.09. The second kappa shape index (κ2) is 4.01. The molecule has 0 atom stereocenters. The molecule has 70 valence electrons. The molecule has 0 spiro atoms. The van der Waals surface area contributed by atoms with Gasteiger partial charge in [-0.25, -0.2) is 4.39 Å². The summed E-state index contributed by atoms with van der Waals surface area (Å²) in [5.74, 6) is -0.239. The Bertz CT molecular complexity index is 412. The van der Waals surface area contributed by atoms with E-state index in [1.54, 1.807) is 12.3 Å². The van der Waals surface area contributed by atoms with E-state index in [1.165, 1.54) is 6.07 Å². The maximum atomic E-state index is 13.2. The van der Waals surface area contributed by atoms with Crippen LogP contribution in [0.25, 0.3) is 0 Å². The average molecular weight is 187 g/mol. The Morgan fingerprint density at radius 1 is 1.00 bits per heavy atom. The van der Waals surface area contributed by atoms with Gasteiger partial charge in [0.05, 0.1) is 5.69 Å². The van der Waals surface area contributed by atoms with Crippen LogP contribution in [-0.4, -0.2) is 4.98 Å². The molecule has 2 heteroatoms. The lowest BCUT2D eigenvalue weighted by molar-refractivity contribution is 0.604. The molecule has 14 heavy (non-hydrogen) atoms. The zero-order valence-corrected chi connectivity index (χ0v) is 7.65. The summed E-state index contributed by atoms with van der Waals surface area (Å²) in [6, 6.07) is 12.8. The van der Waals surface area contributed by atoms with Gasteiger partial charge < -0.3 is 0 Å². The van der Waals surface area contributed by atoms with E-state index in [0.29, 0.717) is 12.1 Å². The summed E-state index contributed by atoms with van der Waals surface area (Å²) in [7, 11) is 0. The van der Waals surface area contributed by atoms with Gasteiger partial charge in [-0.1, -0.05) is 30.3 Å². The molecule has 0 fully saturated rings. The molecule has 2 rings (SSSR count). The molecule has 0 unspecified atom stereocenters. The molecule has 1 aromatic heterocycles. The van der Waals surface area contributed by atoms with Crippen LogP contribution in [0.4, 0.5) is 4.39 Å². The molecular weight excluding hydrogens is 177 g/mol. The number of nitrogens with zero attached hydrogens (tertiary/aromatic N) is 1. The molecule has 0 N–H and O–H groups in total. The molecule has 0 aliphatic carbocycles. The Morgan fingerprint density at radius 3 is 2.50 bits per heavy atom. The molecule has 0 aliphatic rings. The molecule has 0 aliphatic heterocycles. The van der Waals surface area contributed by atoms with Crippen molar-refractivity contribution in [1.29, 1.82) is 0 Å². The van der Waals surface area contributed by atoms with Crippen LogP contribution in [0.1, 0.15) is 11.3 Å². The minimum Gasteiger partial charge on any atom is -0.258 e. The first kappa shape index (κ1) is 8.88. The van der Waals surface area contributed by atoms with Crippen molar-refractivity contribution < 1.29 is 4.39 Å². The normalized spacial score (nSPS) is 10.1.